The quantitative estimate of drug-likeness (QED) is 0.765. The number of hydrogen-bond acceptors (Lipinski definition) is 3. The van der Waals surface area contributed by atoms with E-state index in [9.17, 15) is 4.79 Å². The van der Waals surface area contributed by atoms with E-state index in [1.807, 2.05) is 19.9 Å². The lowest BCUT2D eigenvalue weighted by molar-refractivity contribution is 0.709. The lowest BCUT2D eigenvalue weighted by Crippen LogP contribution is -2.20. The summed E-state index contributed by atoms with van der Waals surface area (Å²) in [5.74, 6) is 0.543. The van der Waals surface area contributed by atoms with Gasteiger partial charge in [-0.25, -0.2) is 9.97 Å². The highest BCUT2D eigenvalue weighted by Crippen LogP contribution is 2.07. The molecule has 2 heterocycles. The van der Waals surface area contributed by atoms with Crippen LogP contribution in [-0.2, 0) is 6.54 Å². The van der Waals surface area contributed by atoms with E-state index in [2.05, 4.69) is 9.97 Å². The Morgan fingerprint density at radius 3 is 2.71 bits per heavy atom. The maximum absolute atomic E-state index is 11.7. The Bertz CT molecular complexity index is 587. The fourth-order valence-corrected chi connectivity index (χ4v) is 1.80. The second-order valence-corrected chi connectivity index (χ2v) is 4.31. The maximum atomic E-state index is 11.7. The molecule has 17 heavy (non-hydrogen) atoms. The van der Waals surface area contributed by atoms with Crippen molar-refractivity contribution in [3.8, 4) is 0 Å². The van der Waals surface area contributed by atoms with Crippen molar-refractivity contribution in [3.63, 3.8) is 0 Å². The molecule has 5 heteroatoms. The van der Waals surface area contributed by atoms with E-state index in [-0.39, 0.29) is 5.56 Å². The van der Waals surface area contributed by atoms with Crippen LogP contribution in [0.4, 0.5) is 0 Å². The first-order valence-electron chi connectivity index (χ1n) is 5.22. The van der Waals surface area contributed by atoms with Crippen molar-refractivity contribution < 1.29 is 0 Å². The summed E-state index contributed by atoms with van der Waals surface area (Å²) in [6, 6.07) is 5.14. The molecule has 0 N–H and O–H groups in total. The third-order valence-corrected chi connectivity index (χ3v) is 2.53. The highest BCUT2D eigenvalue weighted by molar-refractivity contribution is 6.29. The van der Waals surface area contributed by atoms with Crippen molar-refractivity contribution in [1.29, 1.82) is 0 Å². The molecule has 0 saturated heterocycles. The lowest BCUT2D eigenvalue weighted by atomic mass is 10.3. The monoisotopic (exact) mass is 249 g/mol. The molecule has 0 aliphatic heterocycles. The van der Waals surface area contributed by atoms with Crippen LogP contribution < -0.4 is 5.56 Å². The van der Waals surface area contributed by atoms with Crippen molar-refractivity contribution in [3.05, 3.63) is 57.0 Å². The molecule has 2 aromatic rings. The van der Waals surface area contributed by atoms with Crippen LogP contribution in [0.25, 0.3) is 0 Å². The van der Waals surface area contributed by atoms with E-state index in [0.29, 0.717) is 17.5 Å². The highest BCUT2D eigenvalue weighted by atomic mass is 35.5. The number of aromatic nitrogens is 3. The van der Waals surface area contributed by atoms with E-state index >= 15 is 0 Å². The van der Waals surface area contributed by atoms with Crippen molar-refractivity contribution in [1.82, 2.24) is 14.5 Å². The molecule has 0 atom stereocenters. The molecule has 0 spiro atoms. The smallest absolute Gasteiger partial charge is 0.251 e. The molecular formula is C12H12ClN3O. The average Bonchev–Trinajstić information content (AvgIpc) is 2.21. The summed E-state index contributed by atoms with van der Waals surface area (Å²) in [5.41, 5.74) is 1.67. The molecule has 0 saturated carbocycles. The number of aryl methyl sites for hydroxylation is 2. The number of halogens is 1. The molecule has 4 nitrogen and oxygen atoms in total. The molecule has 88 valence electrons. The minimum absolute atomic E-state index is 0.0637. The molecule has 0 fully saturated rings. The SMILES string of the molecule is Cc1ccn(Cc2nc(C)cc(Cl)n2)c(=O)c1. The van der Waals surface area contributed by atoms with E-state index in [1.165, 1.54) is 0 Å². The summed E-state index contributed by atoms with van der Waals surface area (Å²) in [7, 11) is 0. The van der Waals surface area contributed by atoms with Crippen LogP contribution >= 0.6 is 11.6 Å². The molecule has 0 aromatic carbocycles. The molecule has 0 aliphatic rings. The zero-order chi connectivity index (χ0) is 12.4. The van der Waals surface area contributed by atoms with Crippen LogP contribution in [0.2, 0.25) is 5.15 Å². The van der Waals surface area contributed by atoms with E-state index in [0.717, 1.165) is 11.3 Å². The van der Waals surface area contributed by atoms with Gasteiger partial charge in [0.15, 0.2) is 0 Å². The third-order valence-electron chi connectivity index (χ3n) is 2.33. The minimum Gasteiger partial charge on any atom is -0.308 e. The van der Waals surface area contributed by atoms with Crippen LogP contribution in [0.15, 0.2) is 29.2 Å². The van der Waals surface area contributed by atoms with Gasteiger partial charge in [-0.05, 0) is 31.5 Å². The van der Waals surface area contributed by atoms with E-state index in [1.54, 1.807) is 22.9 Å². The summed E-state index contributed by atoms with van der Waals surface area (Å²) in [6.07, 6.45) is 1.73. The molecule has 0 radical (unpaired) electrons. The number of pyridine rings is 1. The van der Waals surface area contributed by atoms with Crippen LogP contribution in [0.5, 0.6) is 0 Å². The van der Waals surface area contributed by atoms with Crippen molar-refractivity contribution >= 4 is 11.6 Å². The predicted octanol–water partition coefficient (Wildman–Crippen LogP) is 1.96. The standard InChI is InChI=1S/C12H12ClN3O/c1-8-3-4-16(12(17)5-8)7-11-14-9(2)6-10(13)15-11/h3-6H,7H2,1-2H3. The Hall–Kier alpha value is -1.68. The topological polar surface area (TPSA) is 47.8 Å². The summed E-state index contributed by atoms with van der Waals surface area (Å²) >= 11 is 5.84. The zero-order valence-corrected chi connectivity index (χ0v) is 10.4. The Balaban J connectivity index is 2.34. The minimum atomic E-state index is -0.0637. The molecule has 2 aromatic heterocycles. The lowest BCUT2D eigenvalue weighted by Gasteiger charge is -2.05. The van der Waals surface area contributed by atoms with E-state index < -0.39 is 0 Å². The Morgan fingerprint density at radius 2 is 2.06 bits per heavy atom. The summed E-state index contributed by atoms with van der Waals surface area (Å²) in [5, 5.41) is 0.396. The van der Waals surface area contributed by atoms with Crippen LogP contribution in [0.1, 0.15) is 17.1 Å². The van der Waals surface area contributed by atoms with Gasteiger partial charge in [0.25, 0.3) is 5.56 Å². The van der Waals surface area contributed by atoms with Crippen molar-refractivity contribution in [2.45, 2.75) is 20.4 Å². The number of nitrogens with zero attached hydrogens (tertiary/aromatic N) is 3. The van der Waals surface area contributed by atoms with Gasteiger partial charge in [0.1, 0.15) is 11.0 Å². The Labute approximate surface area is 104 Å². The Morgan fingerprint density at radius 1 is 1.29 bits per heavy atom. The highest BCUT2D eigenvalue weighted by Gasteiger charge is 2.03. The number of hydrogen-bond donors (Lipinski definition) is 0. The van der Waals surface area contributed by atoms with Crippen LogP contribution in [0.3, 0.4) is 0 Å². The van der Waals surface area contributed by atoms with Gasteiger partial charge >= 0.3 is 0 Å². The van der Waals surface area contributed by atoms with Gasteiger partial charge in [0.2, 0.25) is 0 Å². The average molecular weight is 250 g/mol. The van der Waals surface area contributed by atoms with Gasteiger partial charge in [-0.15, -0.1) is 0 Å². The van der Waals surface area contributed by atoms with Gasteiger partial charge in [-0.2, -0.15) is 0 Å². The van der Waals surface area contributed by atoms with Gasteiger partial charge < -0.3 is 4.57 Å². The Kier molecular flexibility index (Phi) is 3.24. The van der Waals surface area contributed by atoms with Gasteiger partial charge in [0.05, 0.1) is 6.54 Å². The summed E-state index contributed by atoms with van der Waals surface area (Å²) in [6.45, 7) is 4.06. The molecular weight excluding hydrogens is 238 g/mol. The van der Waals surface area contributed by atoms with Crippen molar-refractivity contribution in [2.24, 2.45) is 0 Å². The first-order valence-corrected chi connectivity index (χ1v) is 5.59. The second-order valence-electron chi connectivity index (χ2n) is 3.92. The first-order chi connectivity index (χ1) is 8.04. The fraction of sp³-hybridized carbons (Fsp3) is 0.250. The normalized spacial score (nSPS) is 10.5. The molecule has 0 aliphatic carbocycles. The largest absolute Gasteiger partial charge is 0.308 e. The molecule has 2 rings (SSSR count). The van der Waals surface area contributed by atoms with Gasteiger partial charge in [-0.3, -0.25) is 4.79 Å². The number of rotatable bonds is 2. The summed E-state index contributed by atoms with van der Waals surface area (Å²) in [4.78, 5) is 20.0. The van der Waals surface area contributed by atoms with Crippen LogP contribution in [0, 0.1) is 13.8 Å². The predicted molar refractivity (Wildman–Crippen MR) is 66.3 cm³/mol. The van der Waals surface area contributed by atoms with Crippen LogP contribution in [-0.4, -0.2) is 14.5 Å². The third kappa shape index (κ3) is 2.91. The molecule has 0 bridgehead atoms. The molecule has 0 amide bonds. The zero-order valence-electron chi connectivity index (χ0n) is 9.64. The molecule has 0 unspecified atom stereocenters. The fourth-order valence-electron chi connectivity index (χ4n) is 1.55. The van der Waals surface area contributed by atoms with Gasteiger partial charge in [0, 0.05) is 18.0 Å². The second kappa shape index (κ2) is 4.67. The summed E-state index contributed by atoms with van der Waals surface area (Å²) < 4.78 is 1.55. The van der Waals surface area contributed by atoms with Gasteiger partial charge in [-0.1, -0.05) is 11.6 Å². The first kappa shape index (κ1) is 11.8. The van der Waals surface area contributed by atoms with E-state index in [4.69, 9.17) is 11.6 Å². The van der Waals surface area contributed by atoms with Crippen molar-refractivity contribution in [2.75, 3.05) is 0 Å². The maximum Gasteiger partial charge on any atom is 0.251 e.